The van der Waals surface area contributed by atoms with Gasteiger partial charge < -0.3 is 9.73 Å². The predicted octanol–water partition coefficient (Wildman–Crippen LogP) is 2.35. The highest BCUT2D eigenvalue weighted by molar-refractivity contribution is 7.91. The molecule has 2 aromatic rings. The largest absolute Gasteiger partial charge is 0.468 e. The molecule has 2 N–H and O–H groups in total. The van der Waals surface area contributed by atoms with E-state index in [2.05, 4.69) is 14.9 Å². The van der Waals surface area contributed by atoms with Crippen LogP contribution in [0.3, 0.4) is 0 Å². The van der Waals surface area contributed by atoms with Crippen LogP contribution in [0.4, 0.5) is 0 Å². The van der Waals surface area contributed by atoms with Crippen LogP contribution in [-0.4, -0.2) is 44.9 Å². The molecule has 3 heterocycles. The quantitative estimate of drug-likeness (QED) is 0.696. The Morgan fingerprint density at radius 2 is 2.04 bits per heavy atom. The van der Waals surface area contributed by atoms with Crippen LogP contribution in [0.2, 0.25) is 0 Å². The predicted molar refractivity (Wildman–Crippen MR) is 104 cm³/mol. The van der Waals surface area contributed by atoms with Crippen molar-refractivity contribution in [2.45, 2.75) is 42.5 Å². The number of hydrogen-bond donors (Lipinski definition) is 2. The van der Waals surface area contributed by atoms with Crippen LogP contribution in [0.5, 0.6) is 0 Å². The van der Waals surface area contributed by atoms with Gasteiger partial charge in [-0.05, 0) is 56.4 Å². The first-order valence-electron chi connectivity index (χ1n) is 9.08. The van der Waals surface area contributed by atoms with E-state index in [9.17, 15) is 13.2 Å². The molecule has 0 bridgehead atoms. The summed E-state index contributed by atoms with van der Waals surface area (Å²) in [5.74, 6) is 0.452. The lowest BCUT2D eigenvalue weighted by Gasteiger charge is -2.33. The Labute approximate surface area is 163 Å². The van der Waals surface area contributed by atoms with Crippen molar-refractivity contribution in [1.82, 2.24) is 14.9 Å². The number of carbonyl (C=O) groups is 1. The number of amides is 1. The molecule has 1 fully saturated rings. The fourth-order valence-electron chi connectivity index (χ4n) is 3.23. The van der Waals surface area contributed by atoms with Crippen molar-refractivity contribution < 1.29 is 17.6 Å². The van der Waals surface area contributed by atoms with E-state index in [1.54, 1.807) is 24.6 Å². The minimum atomic E-state index is -3.68. The molecule has 2 unspecified atom stereocenters. The maximum atomic E-state index is 12.5. The molecule has 1 aliphatic heterocycles. The average Bonchev–Trinajstić information content (AvgIpc) is 3.36. The van der Waals surface area contributed by atoms with Crippen molar-refractivity contribution in [2.24, 2.45) is 0 Å². The van der Waals surface area contributed by atoms with E-state index in [1.165, 1.54) is 12.5 Å². The monoisotopic (exact) mass is 411 g/mol. The third-order valence-electron chi connectivity index (χ3n) is 4.66. The zero-order valence-electron chi connectivity index (χ0n) is 15.3. The summed E-state index contributed by atoms with van der Waals surface area (Å²) in [6.45, 7) is 3.84. The number of carbonyl (C=O) groups excluding carboxylic acids is 1. The van der Waals surface area contributed by atoms with Crippen molar-refractivity contribution in [1.29, 1.82) is 0 Å². The molecular weight excluding hydrogens is 386 g/mol. The molecule has 1 amide bonds. The van der Waals surface area contributed by atoms with Crippen LogP contribution >= 0.6 is 11.3 Å². The Kier molecular flexibility index (Phi) is 6.69. The zero-order chi connectivity index (χ0) is 19.3. The molecule has 2 aromatic heterocycles. The van der Waals surface area contributed by atoms with Gasteiger partial charge in [0.15, 0.2) is 0 Å². The molecule has 0 aromatic carbocycles. The molecule has 27 heavy (non-hydrogen) atoms. The highest BCUT2D eigenvalue weighted by atomic mass is 32.2. The first-order chi connectivity index (χ1) is 13.0. The summed E-state index contributed by atoms with van der Waals surface area (Å²) in [5, 5.41) is 4.56. The maximum absolute atomic E-state index is 12.5. The standard InChI is InChI=1S/C18H25N3O4S2/c1-14(20-27(23,24)17-8-6-12-26-17)18(22)19-13-15(16-7-5-11-25-16)21-9-3-2-4-10-21/h5-8,11-12,14-15,20H,2-4,9-10,13H2,1H3,(H,19,22). The highest BCUT2D eigenvalue weighted by Gasteiger charge is 2.27. The van der Waals surface area contributed by atoms with Crippen molar-refractivity contribution >= 4 is 27.3 Å². The van der Waals surface area contributed by atoms with Crippen LogP contribution in [-0.2, 0) is 14.8 Å². The SMILES string of the molecule is CC(NS(=O)(=O)c1cccs1)C(=O)NCC(c1ccco1)N1CCCCC1. The Morgan fingerprint density at radius 3 is 2.67 bits per heavy atom. The van der Waals surface area contributed by atoms with Crippen molar-refractivity contribution in [2.75, 3.05) is 19.6 Å². The van der Waals surface area contributed by atoms with E-state index in [4.69, 9.17) is 4.42 Å². The number of furan rings is 1. The summed E-state index contributed by atoms with van der Waals surface area (Å²) < 4.78 is 32.7. The first kappa shape index (κ1) is 20.1. The normalized spacial score (nSPS) is 18.1. The fourth-order valence-corrected chi connectivity index (χ4v) is 5.44. The van der Waals surface area contributed by atoms with E-state index < -0.39 is 16.1 Å². The lowest BCUT2D eigenvalue weighted by molar-refractivity contribution is -0.122. The molecular formula is C18H25N3O4S2. The number of nitrogens with one attached hydrogen (secondary N) is 2. The molecule has 3 rings (SSSR count). The second kappa shape index (κ2) is 9.01. The van der Waals surface area contributed by atoms with E-state index in [0.717, 1.165) is 43.0 Å². The van der Waals surface area contributed by atoms with Crippen LogP contribution in [0.25, 0.3) is 0 Å². The smallest absolute Gasteiger partial charge is 0.250 e. The number of hydrogen-bond acceptors (Lipinski definition) is 6. The summed E-state index contributed by atoms with van der Waals surface area (Å²) in [7, 11) is -3.68. The molecule has 0 radical (unpaired) electrons. The first-order valence-corrected chi connectivity index (χ1v) is 11.4. The second-order valence-electron chi connectivity index (χ2n) is 6.65. The van der Waals surface area contributed by atoms with Crippen molar-refractivity contribution in [3.63, 3.8) is 0 Å². The van der Waals surface area contributed by atoms with Gasteiger partial charge in [-0.15, -0.1) is 11.3 Å². The minimum Gasteiger partial charge on any atom is -0.468 e. The Hall–Kier alpha value is -1.68. The highest BCUT2D eigenvalue weighted by Crippen LogP contribution is 2.24. The van der Waals surface area contributed by atoms with Gasteiger partial charge in [-0.1, -0.05) is 12.5 Å². The van der Waals surface area contributed by atoms with Crippen molar-refractivity contribution in [3.05, 3.63) is 41.7 Å². The Balaban J connectivity index is 1.60. The van der Waals surface area contributed by atoms with E-state index >= 15 is 0 Å². The van der Waals surface area contributed by atoms with Gasteiger partial charge in [-0.3, -0.25) is 9.69 Å². The Bertz CT molecular complexity index is 813. The number of piperidine rings is 1. The molecule has 1 saturated heterocycles. The minimum absolute atomic E-state index is 0.0506. The zero-order valence-corrected chi connectivity index (χ0v) is 16.9. The molecule has 0 aliphatic carbocycles. The average molecular weight is 412 g/mol. The van der Waals surface area contributed by atoms with Crippen LogP contribution < -0.4 is 10.0 Å². The summed E-state index contributed by atoms with van der Waals surface area (Å²) in [4.78, 5) is 14.8. The maximum Gasteiger partial charge on any atom is 0.250 e. The molecule has 9 heteroatoms. The van der Waals surface area contributed by atoms with Gasteiger partial charge >= 0.3 is 0 Å². The van der Waals surface area contributed by atoms with Gasteiger partial charge in [0.2, 0.25) is 5.91 Å². The topological polar surface area (TPSA) is 91.6 Å². The molecule has 2 atom stereocenters. The van der Waals surface area contributed by atoms with Crippen LogP contribution in [0.1, 0.15) is 38.0 Å². The second-order valence-corrected chi connectivity index (χ2v) is 9.54. The summed E-state index contributed by atoms with van der Waals surface area (Å²) in [6, 6.07) is 6.01. The molecule has 1 aliphatic rings. The van der Waals surface area contributed by atoms with Crippen LogP contribution in [0, 0.1) is 0 Å². The van der Waals surface area contributed by atoms with E-state index in [1.807, 2.05) is 12.1 Å². The van der Waals surface area contributed by atoms with Gasteiger partial charge in [0, 0.05) is 6.54 Å². The Morgan fingerprint density at radius 1 is 1.26 bits per heavy atom. The van der Waals surface area contributed by atoms with Crippen molar-refractivity contribution in [3.8, 4) is 0 Å². The number of thiophene rings is 1. The number of rotatable bonds is 8. The third kappa shape index (κ3) is 5.19. The number of sulfonamides is 1. The summed E-state index contributed by atoms with van der Waals surface area (Å²) in [6.07, 6.45) is 5.10. The van der Waals surface area contributed by atoms with Gasteiger partial charge in [0.25, 0.3) is 10.0 Å². The molecule has 0 saturated carbocycles. The molecule has 148 valence electrons. The van der Waals surface area contributed by atoms with Gasteiger partial charge in [0.1, 0.15) is 9.97 Å². The molecule has 7 nitrogen and oxygen atoms in total. The molecule has 0 spiro atoms. The van der Waals surface area contributed by atoms with Gasteiger partial charge in [-0.2, -0.15) is 4.72 Å². The lowest BCUT2D eigenvalue weighted by atomic mass is 10.1. The summed E-state index contributed by atoms with van der Waals surface area (Å²) >= 11 is 1.12. The van der Waals surface area contributed by atoms with E-state index in [-0.39, 0.29) is 16.2 Å². The third-order valence-corrected chi connectivity index (χ3v) is 7.60. The van der Waals surface area contributed by atoms with Gasteiger partial charge in [-0.25, -0.2) is 8.42 Å². The van der Waals surface area contributed by atoms with Gasteiger partial charge in [0.05, 0.1) is 18.3 Å². The van der Waals surface area contributed by atoms with Crippen LogP contribution in [0.15, 0.2) is 44.5 Å². The fraction of sp³-hybridized carbons (Fsp3) is 0.500. The number of likely N-dealkylation sites (tertiary alicyclic amines) is 1. The lowest BCUT2D eigenvalue weighted by Crippen LogP contribution is -2.47. The summed E-state index contributed by atoms with van der Waals surface area (Å²) in [5.41, 5.74) is 0. The van der Waals surface area contributed by atoms with E-state index in [0.29, 0.717) is 6.54 Å². The number of nitrogens with zero attached hydrogens (tertiary/aromatic N) is 1.